The van der Waals surface area contributed by atoms with Gasteiger partial charge in [0.25, 0.3) is 0 Å². The third-order valence-electron chi connectivity index (χ3n) is 4.77. The second-order valence-corrected chi connectivity index (χ2v) is 10.8. The quantitative estimate of drug-likeness (QED) is 0.299. The van der Waals surface area contributed by atoms with Crippen LogP contribution < -0.4 is 5.32 Å². The molecule has 0 aliphatic heterocycles. The molecule has 0 saturated heterocycles. The van der Waals surface area contributed by atoms with E-state index in [1.54, 1.807) is 28.8 Å². The number of rotatable bonds is 10. The normalized spacial score (nSPS) is 12.3. The van der Waals surface area contributed by atoms with E-state index >= 15 is 0 Å². The number of benzene rings is 2. The number of hydrogen-bond acceptors (Lipinski definition) is 3. The third-order valence-corrected chi connectivity index (χ3v) is 6.37. The lowest BCUT2D eigenvalue weighted by Gasteiger charge is -2.33. The van der Waals surface area contributed by atoms with Crippen LogP contribution in [0.5, 0.6) is 0 Å². The second-order valence-electron chi connectivity index (χ2n) is 8.72. The van der Waals surface area contributed by atoms with Gasteiger partial charge in [0, 0.05) is 33.4 Å². The Labute approximate surface area is 206 Å². The smallest absolute Gasteiger partial charge is 0.243 e. The minimum Gasteiger partial charge on any atom is -0.350 e. The number of halogens is 2. The monoisotopic (exact) mass is 494 g/mol. The van der Waals surface area contributed by atoms with Gasteiger partial charge < -0.3 is 10.2 Å². The first-order valence-electron chi connectivity index (χ1n) is 10.8. The fourth-order valence-corrected chi connectivity index (χ4v) is 4.35. The number of carbonyl (C=O) groups excluding carboxylic acids is 2. The third kappa shape index (κ3) is 9.05. The van der Waals surface area contributed by atoms with Gasteiger partial charge in [0.05, 0.1) is 0 Å². The topological polar surface area (TPSA) is 49.4 Å². The maximum absolute atomic E-state index is 13.2. The summed E-state index contributed by atoms with van der Waals surface area (Å²) in [4.78, 5) is 29.0. The highest BCUT2D eigenvalue weighted by Gasteiger charge is 2.30. The van der Waals surface area contributed by atoms with Crippen molar-refractivity contribution in [1.82, 2.24) is 10.2 Å². The molecule has 0 aliphatic carbocycles. The molecule has 0 heterocycles. The van der Waals surface area contributed by atoms with Crippen molar-refractivity contribution in [2.75, 3.05) is 5.75 Å². The van der Waals surface area contributed by atoms with Gasteiger partial charge in [-0.1, -0.05) is 42.3 Å². The Kier molecular flexibility index (Phi) is 10.4. The SMILES string of the molecule is CC[C@@H](C(=O)NC(C)(C)C)N(Cc1ccc(Cl)cc1)C(=O)CCCSc1ccc(Cl)cc1. The summed E-state index contributed by atoms with van der Waals surface area (Å²) in [5.74, 6) is 0.665. The molecule has 32 heavy (non-hydrogen) atoms. The number of thioether (sulfide) groups is 1. The maximum Gasteiger partial charge on any atom is 0.243 e. The minimum atomic E-state index is -0.527. The number of nitrogens with zero attached hydrogens (tertiary/aromatic N) is 1. The molecule has 0 aromatic heterocycles. The predicted octanol–water partition coefficient (Wildman–Crippen LogP) is 6.59. The van der Waals surface area contributed by atoms with Crippen molar-refractivity contribution < 1.29 is 9.59 Å². The highest BCUT2D eigenvalue weighted by atomic mass is 35.5. The molecule has 1 atom stereocenters. The van der Waals surface area contributed by atoms with Gasteiger partial charge in [-0.05, 0) is 81.3 Å². The van der Waals surface area contributed by atoms with Gasteiger partial charge in [-0.3, -0.25) is 9.59 Å². The summed E-state index contributed by atoms with van der Waals surface area (Å²) in [6.45, 7) is 8.13. The van der Waals surface area contributed by atoms with Crippen LogP contribution in [0.2, 0.25) is 10.0 Å². The zero-order chi connectivity index (χ0) is 23.7. The van der Waals surface area contributed by atoms with Crippen LogP contribution in [0.15, 0.2) is 53.4 Å². The van der Waals surface area contributed by atoms with Gasteiger partial charge in [-0.15, -0.1) is 11.8 Å². The zero-order valence-corrected chi connectivity index (χ0v) is 21.5. The van der Waals surface area contributed by atoms with E-state index in [0.29, 0.717) is 29.4 Å². The fourth-order valence-electron chi connectivity index (χ4n) is 3.25. The van der Waals surface area contributed by atoms with Crippen molar-refractivity contribution >= 4 is 46.8 Å². The van der Waals surface area contributed by atoms with Crippen LogP contribution in [0, 0.1) is 0 Å². The Morgan fingerprint density at radius 2 is 1.56 bits per heavy atom. The van der Waals surface area contributed by atoms with Crippen LogP contribution in [0.4, 0.5) is 0 Å². The summed E-state index contributed by atoms with van der Waals surface area (Å²) in [7, 11) is 0. The molecule has 0 spiro atoms. The molecule has 4 nitrogen and oxygen atoms in total. The molecule has 1 N–H and O–H groups in total. The lowest BCUT2D eigenvalue weighted by Crippen LogP contribution is -2.53. The largest absolute Gasteiger partial charge is 0.350 e. The average molecular weight is 496 g/mol. The standard InChI is InChI=1S/C25H32Cl2N2O2S/c1-5-22(24(31)28-25(2,3)4)29(17-18-8-10-19(26)11-9-18)23(30)7-6-16-32-21-14-12-20(27)13-15-21/h8-15,22H,5-7,16-17H2,1-4H3,(H,28,31)/t22-/m0/s1. The number of hydrogen-bond donors (Lipinski definition) is 1. The van der Waals surface area contributed by atoms with Gasteiger partial charge in [0.2, 0.25) is 11.8 Å². The van der Waals surface area contributed by atoms with Crippen LogP contribution in [0.1, 0.15) is 52.5 Å². The van der Waals surface area contributed by atoms with Crippen LogP contribution >= 0.6 is 35.0 Å². The molecular weight excluding hydrogens is 463 g/mol. The number of nitrogens with one attached hydrogen (secondary N) is 1. The van der Waals surface area contributed by atoms with E-state index in [9.17, 15) is 9.59 Å². The Hall–Kier alpha value is -1.69. The molecule has 0 unspecified atom stereocenters. The average Bonchev–Trinajstić information content (AvgIpc) is 2.72. The Balaban J connectivity index is 2.07. The van der Waals surface area contributed by atoms with E-state index in [0.717, 1.165) is 22.6 Å². The molecular formula is C25H32Cl2N2O2S. The van der Waals surface area contributed by atoms with Crippen LogP contribution in [-0.2, 0) is 16.1 Å². The summed E-state index contributed by atoms with van der Waals surface area (Å²) in [6, 6.07) is 14.6. The van der Waals surface area contributed by atoms with Crippen molar-refractivity contribution in [3.8, 4) is 0 Å². The van der Waals surface area contributed by atoms with Gasteiger partial charge in [0.1, 0.15) is 6.04 Å². The first kappa shape index (κ1) is 26.6. The first-order chi connectivity index (χ1) is 15.1. The van der Waals surface area contributed by atoms with Crippen LogP contribution in [-0.4, -0.2) is 34.0 Å². The molecule has 174 valence electrons. The van der Waals surface area contributed by atoms with E-state index in [4.69, 9.17) is 23.2 Å². The molecule has 2 amide bonds. The van der Waals surface area contributed by atoms with Crippen molar-refractivity contribution in [3.63, 3.8) is 0 Å². The highest BCUT2D eigenvalue weighted by Crippen LogP contribution is 2.22. The maximum atomic E-state index is 13.2. The molecule has 0 radical (unpaired) electrons. The van der Waals surface area contributed by atoms with E-state index < -0.39 is 6.04 Å². The number of carbonyl (C=O) groups is 2. The van der Waals surface area contributed by atoms with E-state index in [1.165, 1.54) is 0 Å². The summed E-state index contributed by atoms with van der Waals surface area (Å²) in [6.07, 6.45) is 1.65. The zero-order valence-electron chi connectivity index (χ0n) is 19.2. The van der Waals surface area contributed by atoms with Crippen LogP contribution in [0.3, 0.4) is 0 Å². The lowest BCUT2D eigenvalue weighted by atomic mass is 10.0. The summed E-state index contributed by atoms with van der Waals surface area (Å²) >= 11 is 13.6. The van der Waals surface area contributed by atoms with E-state index in [-0.39, 0.29) is 17.4 Å². The highest BCUT2D eigenvalue weighted by molar-refractivity contribution is 7.99. The first-order valence-corrected chi connectivity index (χ1v) is 12.6. The van der Waals surface area contributed by atoms with Gasteiger partial charge in [0.15, 0.2) is 0 Å². The lowest BCUT2D eigenvalue weighted by molar-refractivity contribution is -0.142. The minimum absolute atomic E-state index is 0.0208. The van der Waals surface area contributed by atoms with E-state index in [1.807, 2.05) is 64.1 Å². The molecule has 0 bridgehead atoms. The van der Waals surface area contributed by atoms with Crippen molar-refractivity contribution in [2.24, 2.45) is 0 Å². The summed E-state index contributed by atoms with van der Waals surface area (Å²) in [5, 5.41) is 4.38. The van der Waals surface area contributed by atoms with Gasteiger partial charge >= 0.3 is 0 Å². The molecule has 2 rings (SSSR count). The van der Waals surface area contributed by atoms with Gasteiger partial charge in [-0.2, -0.15) is 0 Å². The molecule has 2 aromatic rings. The molecule has 0 aliphatic rings. The summed E-state index contributed by atoms with van der Waals surface area (Å²) in [5.41, 5.74) is 0.578. The van der Waals surface area contributed by atoms with Gasteiger partial charge in [-0.25, -0.2) is 0 Å². The second kappa shape index (κ2) is 12.5. The van der Waals surface area contributed by atoms with E-state index in [2.05, 4.69) is 5.32 Å². The Morgan fingerprint density at radius 1 is 1.00 bits per heavy atom. The van der Waals surface area contributed by atoms with Crippen molar-refractivity contribution in [2.45, 2.75) is 70.0 Å². The predicted molar refractivity (Wildman–Crippen MR) is 135 cm³/mol. The van der Waals surface area contributed by atoms with Crippen LogP contribution in [0.25, 0.3) is 0 Å². The molecule has 0 saturated carbocycles. The van der Waals surface area contributed by atoms with Crippen molar-refractivity contribution in [1.29, 1.82) is 0 Å². The number of amides is 2. The molecule has 0 fully saturated rings. The fraction of sp³-hybridized carbons (Fsp3) is 0.440. The molecule has 2 aromatic carbocycles. The molecule has 7 heteroatoms. The Bertz CT molecular complexity index is 880. The van der Waals surface area contributed by atoms with Crippen molar-refractivity contribution in [3.05, 3.63) is 64.1 Å². The summed E-state index contributed by atoms with van der Waals surface area (Å²) < 4.78 is 0. The Morgan fingerprint density at radius 3 is 2.09 bits per heavy atom.